The fourth-order valence-corrected chi connectivity index (χ4v) is 4.16. The lowest BCUT2D eigenvalue weighted by Gasteiger charge is -2.29. The maximum absolute atomic E-state index is 9.37. The molecular weight excluding hydrogens is 366 g/mol. The molecule has 0 saturated carbocycles. The summed E-state index contributed by atoms with van der Waals surface area (Å²) in [6.45, 7) is 0. The van der Waals surface area contributed by atoms with E-state index in [2.05, 4.69) is 32.6 Å². The van der Waals surface area contributed by atoms with Crippen LogP contribution < -0.4 is 10.1 Å². The molecule has 0 saturated heterocycles. The molecule has 2 aromatic heterocycles. The fraction of sp³-hybridized carbons (Fsp3) is 0.227. The topological polar surface area (TPSA) is 99.8 Å². The molecule has 4 aromatic rings. The Morgan fingerprint density at radius 3 is 3.03 bits per heavy atom. The highest BCUT2D eigenvalue weighted by atomic mass is 16.5. The SMILES string of the molecule is COc1c(C#N)ccc2c1CCCC2Nc1ccc2[nH]nc(-c3cnco3)c2c1. The first-order chi connectivity index (χ1) is 14.3. The summed E-state index contributed by atoms with van der Waals surface area (Å²) in [5, 5.41) is 21.4. The molecule has 2 heterocycles. The number of nitrogens with one attached hydrogen (secondary N) is 2. The van der Waals surface area contributed by atoms with Crippen molar-refractivity contribution < 1.29 is 9.15 Å². The van der Waals surface area contributed by atoms with Gasteiger partial charge in [-0.25, -0.2) is 4.98 Å². The molecule has 0 amide bonds. The Morgan fingerprint density at radius 2 is 2.24 bits per heavy atom. The van der Waals surface area contributed by atoms with Gasteiger partial charge in [-0.2, -0.15) is 10.4 Å². The number of aromatic amines is 1. The zero-order valence-electron chi connectivity index (χ0n) is 15.9. The second-order valence-electron chi connectivity index (χ2n) is 7.11. The first-order valence-corrected chi connectivity index (χ1v) is 9.52. The van der Waals surface area contributed by atoms with Crippen LogP contribution in [-0.2, 0) is 6.42 Å². The number of benzene rings is 2. The number of fused-ring (bicyclic) bond motifs is 2. The third-order valence-electron chi connectivity index (χ3n) is 5.49. The normalized spacial score (nSPS) is 15.7. The van der Waals surface area contributed by atoms with Crippen molar-refractivity contribution in [3.8, 4) is 23.3 Å². The van der Waals surface area contributed by atoms with Gasteiger partial charge in [-0.15, -0.1) is 0 Å². The highest BCUT2D eigenvalue weighted by Gasteiger charge is 2.25. The van der Waals surface area contributed by atoms with Crippen LogP contribution in [0.4, 0.5) is 5.69 Å². The van der Waals surface area contributed by atoms with Crippen molar-refractivity contribution in [1.29, 1.82) is 5.26 Å². The molecule has 1 atom stereocenters. The second kappa shape index (κ2) is 6.99. The third kappa shape index (κ3) is 2.90. The lowest BCUT2D eigenvalue weighted by Crippen LogP contribution is -2.18. The molecule has 144 valence electrons. The first-order valence-electron chi connectivity index (χ1n) is 9.52. The van der Waals surface area contributed by atoms with Crippen molar-refractivity contribution in [3.63, 3.8) is 0 Å². The molecule has 5 rings (SSSR count). The van der Waals surface area contributed by atoms with Gasteiger partial charge in [0.25, 0.3) is 0 Å². The Labute approximate surface area is 167 Å². The monoisotopic (exact) mass is 385 g/mol. The molecule has 7 nitrogen and oxygen atoms in total. The average Bonchev–Trinajstić information content (AvgIpc) is 3.42. The van der Waals surface area contributed by atoms with E-state index >= 15 is 0 Å². The molecule has 1 unspecified atom stereocenters. The number of nitriles is 1. The van der Waals surface area contributed by atoms with Crippen LogP contribution in [0.2, 0.25) is 0 Å². The molecule has 7 heteroatoms. The van der Waals surface area contributed by atoms with Crippen LogP contribution in [0.3, 0.4) is 0 Å². The van der Waals surface area contributed by atoms with Crippen LogP contribution in [-0.4, -0.2) is 22.3 Å². The van der Waals surface area contributed by atoms with E-state index in [-0.39, 0.29) is 6.04 Å². The molecule has 0 bridgehead atoms. The number of rotatable bonds is 4. The summed E-state index contributed by atoms with van der Waals surface area (Å²) in [6.07, 6.45) is 6.03. The number of ether oxygens (including phenoxy) is 1. The smallest absolute Gasteiger partial charge is 0.181 e. The maximum atomic E-state index is 9.37. The van der Waals surface area contributed by atoms with Gasteiger partial charge < -0.3 is 14.5 Å². The van der Waals surface area contributed by atoms with Crippen molar-refractivity contribution in [3.05, 3.63) is 59.6 Å². The van der Waals surface area contributed by atoms with Gasteiger partial charge in [0.05, 0.1) is 30.4 Å². The van der Waals surface area contributed by atoms with Gasteiger partial charge in [0.2, 0.25) is 0 Å². The van der Waals surface area contributed by atoms with Crippen LogP contribution in [0.25, 0.3) is 22.4 Å². The van der Waals surface area contributed by atoms with Crippen molar-refractivity contribution >= 4 is 16.6 Å². The first kappa shape index (κ1) is 17.3. The van der Waals surface area contributed by atoms with E-state index in [4.69, 9.17) is 9.15 Å². The fourth-order valence-electron chi connectivity index (χ4n) is 4.16. The molecule has 29 heavy (non-hydrogen) atoms. The van der Waals surface area contributed by atoms with Crippen molar-refractivity contribution in [2.75, 3.05) is 12.4 Å². The molecule has 0 spiro atoms. The maximum Gasteiger partial charge on any atom is 0.181 e. The van der Waals surface area contributed by atoms with Crippen LogP contribution in [0.1, 0.15) is 35.6 Å². The predicted molar refractivity (Wildman–Crippen MR) is 109 cm³/mol. The van der Waals surface area contributed by atoms with Crippen LogP contribution in [0, 0.1) is 11.3 Å². The minimum absolute atomic E-state index is 0.151. The Kier molecular flexibility index (Phi) is 4.17. The van der Waals surface area contributed by atoms with Gasteiger partial charge in [0.1, 0.15) is 17.5 Å². The number of hydrogen-bond acceptors (Lipinski definition) is 6. The number of oxazole rings is 1. The van der Waals surface area contributed by atoms with Gasteiger partial charge in [-0.05, 0) is 49.1 Å². The van der Waals surface area contributed by atoms with Crippen molar-refractivity contribution in [1.82, 2.24) is 15.2 Å². The minimum atomic E-state index is 0.151. The van der Waals surface area contributed by atoms with E-state index in [0.717, 1.165) is 47.1 Å². The van der Waals surface area contributed by atoms with E-state index in [1.807, 2.05) is 24.3 Å². The minimum Gasteiger partial charge on any atom is -0.495 e. The zero-order valence-corrected chi connectivity index (χ0v) is 15.9. The molecule has 2 aromatic carbocycles. The van der Waals surface area contributed by atoms with E-state index in [0.29, 0.717) is 17.1 Å². The summed E-state index contributed by atoms with van der Waals surface area (Å²) in [7, 11) is 1.63. The Bertz CT molecular complexity index is 1220. The highest BCUT2D eigenvalue weighted by Crippen LogP contribution is 2.39. The summed E-state index contributed by atoms with van der Waals surface area (Å²) in [5.41, 5.74) is 5.58. The lowest BCUT2D eigenvalue weighted by molar-refractivity contribution is 0.403. The van der Waals surface area contributed by atoms with E-state index < -0.39 is 0 Å². The Morgan fingerprint density at radius 1 is 1.31 bits per heavy atom. The molecule has 0 fully saturated rings. The quantitative estimate of drug-likeness (QED) is 0.533. The summed E-state index contributed by atoms with van der Waals surface area (Å²) in [6, 6.07) is 12.4. The van der Waals surface area contributed by atoms with Crippen LogP contribution in [0.5, 0.6) is 5.75 Å². The molecule has 1 aliphatic carbocycles. The van der Waals surface area contributed by atoms with E-state index in [9.17, 15) is 5.26 Å². The van der Waals surface area contributed by atoms with Crippen LogP contribution >= 0.6 is 0 Å². The van der Waals surface area contributed by atoms with Gasteiger partial charge in [-0.1, -0.05) is 6.07 Å². The number of nitrogens with zero attached hydrogens (tertiary/aromatic N) is 3. The Hall–Kier alpha value is -3.79. The second-order valence-corrected chi connectivity index (χ2v) is 7.11. The molecule has 2 N–H and O–H groups in total. The number of hydrogen-bond donors (Lipinski definition) is 2. The highest BCUT2D eigenvalue weighted by molar-refractivity contribution is 5.93. The van der Waals surface area contributed by atoms with E-state index in [1.165, 1.54) is 12.0 Å². The lowest BCUT2D eigenvalue weighted by atomic mass is 9.85. The zero-order chi connectivity index (χ0) is 19.8. The van der Waals surface area contributed by atoms with Gasteiger partial charge in [0.15, 0.2) is 12.2 Å². The number of aromatic nitrogens is 3. The van der Waals surface area contributed by atoms with Gasteiger partial charge in [-0.3, -0.25) is 5.10 Å². The van der Waals surface area contributed by atoms with Gasteiger partial charge >= 0.3 is 0 Å². The van der Waals surface area contributed by atoms with Gasteiger partial charge in [0, 0.05) is 16.6 Å². The largest absolute Gasteiger partial charge is 0.495 e. The standard InChI is InChI=1S/C22H19N5O2/c1-28-22-13(10-23)5-7-15-16(22)3-2-4-18(15)25-14-6-8-19-17(9-14)21(27-26-19)20-11-24-12-29-20/h5-9,11-12,18,25H,2-4H2,1H3,(H,26,27). The summed E-state index contributed by atoms with van der Waals surface area (Å²) >= 11 is 0. The molecule has 1 aliphatic rings. The molecule has 0 radical (unpaired) electrons. The summed E-state index contributed by atoms with van der Waals surface area (Å²) in [5.74, 6) is 1.33. The number of H-pyrrole nitrogens is 1. The summed E-state index contributed by atoms with van der Waals surface area (Å²) < 4.78 is 11.0. The van der Waals surface area contributed by atoms with Crippen molar-refractivity contribution in [2.24, 2.45) is 0 Å². The van der Waals surface area contributed by atoms with Crippen LogP contribution in [0.15, 0.2) is 47.3 Å². The number of methoxy groups -OCH3 is 1. The molecular formula is C22H19N5O2. The summed E-state index contributed by atoms with van der Waals surface area (Å²) in [4.78, 5) is 3.99. The van der Waals surface area contributed by atoms with E-state index in [1.54, 1.807) is 13.3 Å². The Balaban J connectivity index is 1.51. The molecule has 0 aliphatic heterocycles. The average molecular weight is 385 g/mol. The predicted octanol–water partition coefficient (Wildman–Crippen LogP) is 4.59. The third-order valence-corrected chi connectivity index (χ3v) is 5.49. The van der Waals surface area contributed by atoms with Crippen molar-refractivity contribution in [2.45, 2.75) is 25.3 Å². The number of anilines is 1.